The first kappa shape index (κ1) is 18.3. The molecule has 1 unspecified atom stereocenters. The second-order valence-corrected chi connectivity index (χ2v) is 5.46. The van der Waals surface area contributed by atoms with Crippen molar-refractivity contribution in [2.45, 2.75) is 25.3 Å². The zero-order valence-corrected chi connectivity index (χ0v) is 13.8. The monoisotopic (exact) mass is 344 g/mol. The van der Waals surface area contributed by atoms with E-state index in [0.29, 0.717) is 5.56 Å². The minimum absolute atomic E-state index is 0.0473. The van der Waals surface area contributed by atoms with Crippen LogP contribution in [0.25, 0.3) is 0 Å². The number of carboxylic acid groups (broad SMARTS) is 1. The molecule has 1 aromatic heterocycles. The van der Waals surface area contributed by atoms with Crippen molar-refractivity contribution < 1.29 is 23.9 Å². The van der Waals surface area contributed by atoms with Crippen molar-refractivity contribution in [2.75, 3.05) is 6.54 Å². The highest BCUT2D eigenvalue weighted by Gasteiger charge is 2.39. The number of carboxylic acids is 1. The Balaban J connectivity index is 1.98. The lowest BCUT2D eigenvalue weighted by Crippen LogP contribution is -2.52. The Morgan fingerprint density at radius 2 is 1.84 bits per heavy atom. The summed E-state index contributed by atoms with van der Waals surface area (Å²) in [6.07, 6.45) is 1.52. The van der Waals surface area contributed by atoms with Crippen LogP contribution in [0, 0.1) is 0 Å². The maximum absolute atomic E-state index is 12.2. The Morgan fingerprint density at radius 3 is 2.40 bits per heavy atom. The van der Waals surface area contributed by atoms with E-state index >= 15 is 0 Å². The van der Waals surface area contributed by atoms with Gasteiger partial charge in [-0.1, -0.05) is 37.3 Å². The fourth-order valence-electron chi connectivity index (χ4n) is 2.50. The van der Waals surface area contributed by atoms with Crippen LogP contribution in [0.1, 0.15) is 35.9 Å². The molecule has 1 atom stereocenters. The van der Waals surface area contributed by atoms with E-state index in [1.54, 1.807) is 43.3 Å². The van der Waals surface area contributed by atoms with E-state index in [2.05, 4.69) is 10.6 Å². The van der Waals surface area contributed by atoms with Gasteiger partial charge in [-0.2, -0.15) is 0 Å². The number of carbonyl (C=O) groups excluding carboxylic acids is 2. The first-order chi connectivity index (χ1) is 12.0. The summed E-state index contributed by atoms with van der Waals surface area (Å²) in [6, 6.07) is 11.6. The van der Waals surface area contributed by atoms with Crippen LogP contribution in [-0.2, 0) is 15.1 Å². The smallest absolute Gasteiger partial charge is 0.334 e. The quantitative estimate of drug-likeness (QED) is 0.678. The molecule has 0 radical (unpaired) electrons. The number of hydrogen-bond acceptors (Lipinski definition) is 4. The van der Waals surface area contributed by atoms with E-state index in [0.717, 1.165) is 0 Å². The predicted molar refractivity (Wildman–Crippen MR) is 89.8 cm³/mol. The molecule has 1 aromatic carbocycles. The highest BCUT2D eigenvalue weighted by atomic mass is 16.4. The number of rotatable bonds is 8. The maximum atomic E-state index is 12.2. The summed E-state index contributed by atoms with van der Waals surface area (Å²) in [5.41, 5.74) is -0.999. The fraction of sp³-hybridized carbons (Fsp3) is 0.278. The standard InChI is InChI=1S/C18H20N2O5/c1-2-18(17(23)24,13-7-4-3-5-8-13)20-15(21)10-11-19-16(22)14-9-6-12-25-14/h3-9,12H,2,10-11H2,1H3,(H,19,22)(H,20,21)(H,23,24). The molecule has 0 saturated heterocycles. The molecular formula is C18H20N2O5. The molecule has 0 aliphatic rings. The average Bonchev–Trinajstić information content (AvgIpc) is 3.15. The Hall–Kier alpha value is -3.09. The van der Waals surface area contributed by atoms with E-state index in [1.165, 1.54) is 12.3 Å². The summed E-state index contributed by atoms with van der Waals surface area (Å²) < 4.78 is 4.95. The molecule has 7 heteroatoms. The molecule has 0 bridgehead atoms. The molecule has 2 amide bonds. The van der Waals surface area contributed by atoms with Gasteiger partial charge in [0.25, 0.3) is 5.91 Å². The van der Waals surface area contributed by atoms with Gasteiger partial charge in [0.05, 0.1) is 6.26 Å². The molecule has 2 rings (SSSR count). The highest BCUT2D eigenvalue weighted by molar-refractivity contribution is 5.92. The largest absolute Gasteiger partial charge is 0.479 e. The highest BCUT2D eigenvalue weighted by Crippen LogP contribution is 2.25. The summed E-state index contributed by atoms with van der Waals surface area (Å²) in [4.78, 5) is 35.8. The molecule has 2 aromatic rings. The Bertz CT molecular complexity index is 727. The van der Waals surface area contributed by atoms with Crippen molar-refractivity contribution in [1.29, 1.82) is 0 Å². The molecule has 0 spiro atoms. The van der Waals surface area contributed by atoms with Crippen LogP contribution >= 0.6 is 0 Å². The van der Waals surface area contributed by atoms with E-state index in [4.69, 9.17) is 4.42 Å². The third-order valence-corrected chi connectivity index (χ3v) is 3.90. The van der Waals surface area contributed by atoms with Crippen molar-refractivity contribution in [2.24, 2.45) is 0 Å². The van der Waals surface area contributed by atoms with Crippen molar-refractivity contribution in [3.05, 3.63) is 60.1 Å². The summed E-state index contributed by atoms with van der Waals surface area (Å²) in [5.74, 6) is -1.87. The molecule has 0 saturated carbocycles. The van der Waals surface area contributed by atoms with Gasteiger partial charge >= 0.3 is 5.97 Å². The molecule has 0 aliphatic heterocycles. The van der Waals surface area contributed by atoms with Crippen molar-refractivity contribution in [3.8, 4) is 0 Å². The van der Waals surface area contributed by atoms with Crippen LogP contribution in [0.2, 0.25) is 0 Å². The number of nitrogens with one attached hydrogen (secondary N) is 2. The lowest BCUT2D eigenvalue weighted by atomic mass is 9.87. The second kappa shape index (κ2) is 8.14. The summed E-state index contributed by atoms with van der Waals surface area (Å²) in [6.45, 7) is 1.76. The first-order valence-corrected chi connectivity index (χ1v) is 7.91. The average molecular weight is 344 g/mol. The van der Waals surface area contributed by atoms with Crippen LogP contribution in [0.4, 0.5) is 0 Å². The van der Waals surface area contributed by atoms with Gasteiger partial charge in [0.15, 0.2) is 11.3 Å². The maximum Gasteiger partial charge on any atom is 0.334 e. The number of furan rings is 1. The van der Waals surface area contributed by atoms with Gasteiger partial charge in [0.1, 0.15) is 0 Å². The zero-order valence-electron chi connectivity index (χ0n) is 13.8. The van der Waals surface area contributed by atoms with E-state index < -0.39 is 23.3 Å². The Morgan fingerprint density at radius 1 is 1.12 bits per heavy atom. The van der Waals surface area contributed by atoms with Gasteiger partial charge in [-0.25, -0.2) is 4.79 Å². The number of aliphatic carboxylic acids is 1. The van der Waals surface area contributed by atoms with Gasteiger partial charge < -0.3 is 20.2 Å². The number of hydrogen-bond donors (Lipinski definition) is 3. The molecular weight excluding hydrogens is 324 g/mol. The lowest BCUT2D eigenvalue weighted by Gasteiger charge is -2.30. The summed E-state index contributed by atoms with van der Waals surface area (Å²) in [5, 5.41) is 14.8. The second-order valence-electron chi connectivity index (χ2n) is 5.46. The Kier molecular flexibility index (Phi) is 5.94. The van der Waals surface area contributed by atoms with Gasteiger partial charge in [-0.15, -0.1) is 0 Å². The molecule has 0 fully saturated rings. The SMILES string of the molecule is CCC(NC(=O)CCNC(=O)c1ccco1)(C(=O)O)c1ccccc1. The normalized spacial score (nSPS) is 12.8. The van der Waals surface area contributed by atoms with Gasteiger partial charge in [0.2, 0.25) is 5.91 Å². The minimum atomic E-state index is -1.50. The molecule has 25 heavy (non-hydrogen) atoms. The molecule has 132 valence electrons. The number of amides is 2. The fourth-order valence-corrected chi connectivity index (χ4v) is 2.50. The van der Waals surface area contributed by atoms with Crippen LogP contribution in [0.15, 0.2) is 53.1 Å². The van der Waals surface area contributed by atoms with Gasteiger partial charge in [-0.3, -0.25) is 9.59 Å². The summed E-state index contributed by atoms with van der Waals surface area (Å²) >= 11 is 0. The molecule has 0 aliphatic carbocycles. The van der Waals surface area contributed by atoms with Crippen molar-refractivity contribution in [3.63, 3.8) is 0 Å². The van der Waals surface area contributed by atoms with Crippen molar-refractivity contribution >= 4 is 17.8 Å². The van der Waals surface area contributed by atoms with Crippen LogP contribution in [0.5, 0.6) is 0 Å². The predicted octanol–water partition coefficient (Wildman–Crippen LogP) is 1.91. The van der Waals surface area contributed by atoms with Gasteiger partial charge in [-0.05, 0) is 24.1 Å². The topological polar surface area (TPSA) is 109 Å². The lowest BCUT2D eigenvalue weighted by molar-refractivity contribution is -0.148. The number of carbonyl (C=O) groups is 3. The van der Waals surface area contributed by atoms with Crippen LogP contribution in [0.3, 0.4) is 0 Å². The molecule has 1 heterocycles. The third-order valence-electron chi connectivity index (χ3n) is 3.90. The third kappa shape index (κ3) is 4.26. The molecule has 3 N–H and O–H groups in total. The van der Waals surface area contributed by atoms with Crippen LogP contribution < -0.4 is 10.6 Å². The van der Waals surface area contributed by atoms with Gasteiger partial charge in [0, 0.05) is 13.0 Å². The van der Waals surface area contributed by atoms with Crippen molar-refractivity contribution in [1.82, 2.24) is 10.6 Å². The minimum Gasteiger partial charge on any atom is -0.479 e. The molecule has 7 nitrogen and oxygen atoms in total. The van der Waals surface area contributed by atoms with E-state index in [9.17, 15) is 19.5 Å². The van der Waals surface area contributed by atoms with E-state index in [-0.39, 0.29) is 25.1 Å². The summed E-state index contributed by atoms with van der Waals surface area (Å²) in [7, 11) is 0. The zero-order chi connectivity index (χ0) is 18.3. The van der Waals surface area contributed by atoms with E-state index in [1.807, 2.05) is 0 Å². The van der Waals surface area contributed by atoms with Crippen LogP contribution in [-0.4, -0.2) is 29.4 Å². The Labute approximate surface area is 145 Å². The number of benzene rings is 1. The first-order valence-electron chi connectivity index (χ1n) is 7.91.